The number of pyridine rings is 1. The summed E-state index contributed by atoms with van der Waals surface area (Å²) in [5.74, 6) is -2.58. The summed E-state index contributed by atoms with van der Waals surface area (Å²) in [4.78, 5) is 54.6. The van der Waals surface area contributed by atoms with Gasteiger partial charge in [-0.05, 0) is 55.2 Å². The number of imide groups is 1. The second-order valence-corrected chi connectivity index (χ2v) is 8.58. The van der Waals surface area contributed by atoms with Crippen LogP contribution in [0.1, 0.15) is 63.7 Å². The molecule has 1 saturated heterocycles. The zero-order valence-corrected chi connectivity index (χ0v) is 17.4. The highest BCUT2D eigenvalue weighted by molar-refractivity contribution is 6.06. The van der Waals surface area contributed by atoms with Crippen LogP contribution < -0.4 is 10.6 Å². The van der Waals surface area contributed by atoms with Crippen molar-refractivity contribution in [3.05, 3.63) is 64.7 Å². The van der Waals surface area contributed by atoms with E-state index in [4.69, 9.17) is 0 Å². The van der Waals surface area contributed by atoms with Gasteiger partial charge >= 0.3 is 0 Å². The van der Waals surface area contributed by atoms with Crippen molar-refractivity contribution < 1.29 is 28.0 Å². The molecule has 3 aliphatic rings. The second kappa shape index (κ2) is 7.72. The van der Waals surface area contributed by atoms with E-state index >= 15 is 0 Å². The Morgan fingerprint density at radius 1 is 1.24 bits per heavy atom. The van der Waals surface area contributed by atoms with Crippen LogP contribution in [-0.4, -0.2) is 45.2 Å². The second-order valence-electron chi connectivity index (χ2n) is 8.58. The molecule has 170 valence electrons. The first-order valence-electron chi connectivity index (χ1n) is 10.6. The lowest BCUT2D eigenvalue weighted by Gasteiger charge is -2.29. The number of piperidine rings is 1. The maximum absolute atomic E-state index is 15.0. The van der Waals surface area contributed by atoms with Crippen molar-refractivity contribution in [3.63, 3.8) is 0 Å². The lowest BCUT2D eigenvalue weighted by Crippen LogP contribution is -2.52. The Balaban J connectivity index is 1.36. The lowest BCUT2D eigenvalue weighted by atomic mass is 10.0. The Bertz CT molecular complexity index is 1200. The average molecular weight is 454 g/mol. The molecule has 1 aliphatic carbocycles. The fourth-order valence-electron chi connectivity index (χ4n) is 4.39. The molecule has 1 aromatic heterocycles. The van der Waals surface area contributed by atoms with E-state index in [1.807, 2.05) is 0 Å². The molecule has 0 spiro atoms. The van der Waals surface area contributed by atoms with Gasteiger partial charge in [0.25, 0.3) is 11.8 Å². The Kier molecular flexibility index (Phi) is 4.95. The zero-order valence-electron chi connectivity index (χ0n) is 17.4. The van der Waals surface area contributed by atoms with E-state index in [-0.39, 0.29) is 55.3 Å². The maximum atomic E-state index is 15.0. The number of carbonyl (C=O) groups excluding carboxylic acids is 4. The van der Waals surface area contributed by atoms with Crippen LogP contribution in [0.15, 0.2) is 36.5 Å². The molecule has 3 heterocycles. The fraction of sp³-hybridized carbons (Fsp3) is 0.348. The minimum Gasteiger partial charge on any atom is -0.340 e. The van der Waals surface area contributed by atoms with Gasteiger partial charge in [0.2, 0.25) is 11.8 Å². The molecule has 5 rings (SSSR count). The predicted octanol–water partition coefficient (Wildman–Crippen LogP) is 1.95. The van der Waals surface area contributed by atoms with Gasteiger partial charge in [0, 0.05) is 30.3 Å². The number of aromatic nitrogens is 1. The summed E-state index contributed by atoms with van der Waals surface area (Å²) >= 11 is 0. The van der Waals surface area contributed by atoms with Gasteiger partial charge in [-0.1, -0.05) is 0 Å². The summed E-state index contributed by atoms with van der Waals surface area (Å²) < 4.78 is 29.2. The van der Waals surface area contributed by atoms with Gasteiger partial charge in [-0.3, -0.25) is 29.5 Å². The molecular formula is C23H20F2N4O4. The zero-order chi connectivity index (χ0) is 23.3. The van der Waals surface area contributed by atoms with Crippen molar-refractivity contribution in [2.24, 2.45) is 0 Å². The van der Waals surface area contributed by atoms with Crippen molar-refractivity contribution in [3.8, 4) is 0 Å². The minimum atomic E-state index is -1.76. The molecule has 2 N–H and O–H groups in total. The SMILES string of the molecule is O=C1CCC(N2Cc3cc(C(=O)N[C@H](c4ncccc4F)C4(F)CC4)ccc3C2=O)C(=O)N1. The number of nitrogens with one attached hydrogen (secondary N) is 2. The van der Waals surface area contributed by atoms with E-state index in [9.17, 15) is 28.0 Å². The highest BCUT2D eigenvalue weighted by Gasteiger charge is 2.53. The number of hydrogen-bond donors (Lipinski definition) is 2. The van der Waals surface area contributed by atoms with Crippen LogP contribution in [0.3, 0.4) is 0 Å². The van der Waals surface area contributed by atoms with Crippen LogP contribution >= 0.6 is 0 Å². The molecule has 4 amide bonds. The average Bonchev–Trinajstić information content (AvgIpc) is 3.45. The fourth-order valence-corrected chi connectivity index (χ4v) is 4.39. The van der Waals surface area contributed by atoms with Crippen molar-refractivity contribution in [2.75, 3.05) is 0 Å². The number of halogens is 2. The smallest absolute Gasteiger partial charge is 0.255 e. The quantitative estimate of drug-likeness (QED) is 0.672. The highest BCUT2D eigenvalue weighted by atomic mass is 19.1. The van der Waals surface area contributed by atoms with E-state index in [1.165, 1.54) is 35.4 Å². The highest BCUT2D eigenvalue weighted by Crippen LogP contribution is 2.49. The summed E-state index contributed by atoms with van der Waals surface area (Å²) in [6.07, 6.45) is 2.09. The molecule has 0 bridgehead atoms. The van der Waals surface area contributed by atoms with E-state index in [2.05, 4.69) is 15.6 Å². The molecule has 2 fully saturated rings. The Labute approximate surface area is 187 Å². The molecule has 1 saturated carbocycles. The van der Waals surface area contributed by atoms with E-state index < -0.39 is 35.4 Å². The molecule has 2 aromatic rings. The first-order chi connectivity index (χ1) is 15.8. The van der Waals surface area contributed by atoms with Gasteiger partial charge in [0.1, 0.15) is 29.3 Å². The summed E-state index contributed by atoms with van der Waals surface area (Å²) in [6.45, 7) is 0.104. The third-order valence-corrected chi connectivity index (χ3v) is 6.37. The Hall–Kier alpha value is -3.69. The molecule has 1 aromatic carbocycles. The first kappa shape index (κ1) is 21.2. The normalized spacial score (nSPS) is 21.9. The van der Waals surface area contributed by atoms with Gasteiger partial charge < -0.3 is 10.2 Å². The van der Waals surface area contributed by atoms with Crippen molar-refractivity contribution in [1.82, 2.24) is 20.5 Å². The van der Waals surface area contributed by atoms with Gasteiger partial charge in [0.05, 0.1) is 0 Å². The third kappa shape index (κ3) is 3.75. The standard InChI is InChI=1S/C23H20F2N4O4/c24-15-2-1-9-26-18(15)19(23(25)7-8-23)28-20(31)12-3-4-14-13(10-12)11-29(22(14)33)16-5-6-17(30)27-21(16)32/h1-4,9-10,16,19H,5-8,11H2,(H,28,31)(H,27,30,32)/t16?,19-/m1/s1. The predicted molar refractivity (Wildman–Crippen MR) is 110 cm³/mol. The Morgan fingerprint density at radius 2 is 2.03 bits per heavy atom. The van der Waals surface area contributed by atoms with Crippen LogP contribution in [-0.2, 0) is 16.1 Å². The third-order valence-electron chi connectivity index (χ3n) is 6.37. The summed E-state index contributed by atoms with van der Waals surface area (Å²) in [5.41, 5.74) is -0.851. The van der Waals surface area contributed by atoms with Crippen LogP contribution in [0.2, 0.25) is 0 Å². The maximum Gasteiger partial charge on any atom is 0.255 e. The molecule has 2 atom stereocenters. The monoisotopic (exact) mass is 454 g/mol. The molecule has 2 aliphatic heterocycles. The first-order valence-corrected chi connectivity index (χ1v) is 10.6. The van der Waals surface area contributed by atoms with Crippen LogP contribution in [0.5, 0.6) is 0 Å². The lowest BCUT2D eigenvalue weighted by molar-refractivity contribution is -0.136. The molecule has 1 unspecified atom stereocenters. The largest absolute Gasteiger partial charge is 0.340 e. The van der Waals surface area contributed by atoms with Crippen LogP contribution in [0.25, 0.3) is 0 Å². The van der Waals surface area contributed by atoms with Gasteiger partial charge in [-0.25, -0.2) is 8.78 Å². The molecule has 10 heteroatoms. The number of benzene rings is 1. The van der Waals surface area contributed by atoms with E-state index in [0.717, 1.165) is 6.07 Å². The van der Waals surface area contributed by atoms with Crippen LogP contribution in [0, 0.1) is 5.82 Å². The molecular weight excluding hydrogens is 434 g/mol. The topological polar surface area (TPSA) is 108 Å². The summed E-state index contributed by atoms with van der Waals surface area (Å²) in [7, 11) is 0. The van der Waals surface area contributed by atoms with Crippen molar-refractivity contribution >= 4 is 23.6 Å². The number of rotatable bonds is 5. The number of carbonyl (C=O) groups is 4. The Morgan fingerprint density at radius 3 is 2.73 bits per heavy atom. The van der Waals surface area contributed by atoms with Gasteiger partial charge in [0.15, 0.2) is 0 Å². The number of alkyl halides is 1. The number of hydrogen-bond acceptors (Lipinski definition) is 5. The van der Waals surface area contributed by atoms with Gasteiger partial charge in [-0.15, -0.1) is 0 Å². The molecule has 33 heavy (non-hydrogen) atoms. The van der Waals surface area contributed by atoms with E-state index in [0.29, 0.717) is 11.1 Å². The van der Waals surface area contributed by atoms with Crippen molar-refractivity contribution in [1.29, 1.82) is 0 Å². The number of nitrogens with zero attached hydrogens (tertiary/aromatic N) is 2. The van der Waals surface area contributed by atoms with Crippen LogP contribution in [0.4, 0.5) is 8.78 Å². The number of fused-ring (bicyclic) bond motifs is 1. The molecule has 0 radical (unpaired) electrons. The molecule has 8 nitrogen and oxygen atoms in total. The summed E-state index contributed by atoms with van der Waals surface area (Å²) in [5, 5.41) is 4.80. The minimum absolute atomic E-state index is 0.104. The van der Waals surface area contributed by atoms with Gasteiger partial charge in [-0.2, -0.15) is 0 Å². The van der Waals surface area contributed by atoms with Crippen molar-refractivity contribution in [2.45, 2.75) is 50.0 Å². The summed E-state index contributed by atoms with van der Waals surface area (Å²) in [6, 6.07) is 4.98. The number of amides is 4. The van der Waals surface area contributed by atoms with E-state index in [1.54, 1.807) is 0 Å².